The summed E-state index contributed by atoms with van der Waals surface area (Å²) in [6.07, 6.45) is 1.01. The average Bonchev–Trinajstić information content (AvgIpc) is 2.27. The summed E-state index contributed by atoms with van der Waals surface area (Å²) in [4.78, 5) is 0. The molecule has 3 heteroatoms. The van der Waals surface area contributed by atoms with E-state index in [1.807, 2.05) is 19.2 Å². The van der Waals surface area contributed by atoms with Crippen LogP contribution >= 0.6 is 11.6 Å². The van der Waals surface area contributed by atoms with Crippen molar-refractivity contribution in [1.82, 2.24) is 5.32 Å². The Hall–Kier alpha value is -0.570. The van der Waals surface area contributed by atoms with Crippen LogP contribution in [0.1, 0.15) is 38.7 Å². The second kappa shape index (κ2) is 7.13. The topological polar surface area (TPSA) is 21.3 Å². The molecule has 0 saturated heterocycles. The fourth-order valence-electron chi connectivity index (χ4n) is 1.88. The van der Waals surface area contributed by atoms with Gasteiger partial charge in [0.05, 0.1) is 5.60 Å². The van der Waals surface area contributed by atoms with Gasteiger partial charge in [0.25, 0.3) is 0 Å². The largest absolute Gasteiger partial charge is 0.376 e. The molecule has 1 aromatic carbocycles. The van der Waals surface area contributed by atoms with Crippen molar-refractivity contribution in [2.45, 2.75) is 38.7 Å². The van der Waals surface area contributed by atoms with E-state index >= 15 is 0 Å². The Labute approximate surface area is 116 Å². The molecule has 0 heterocycles. The van der Waals surface area contributed by atoms with E-state index in [4.69, 9.17) is 16.3 Å². The molecule has 1 aromatic rings. The van der Waals surface area contributed by atoms with Gasteiger partial charge in [-0.25, -0.2) is 0 Å². The predicted molar refractivity (Wildman–Crippen MR) is 78.4 cm³/mol. The number of halogens is 1. The summed E-state index contributed by atoms with van der Waals surface area (Å²) in [7, 11) is 1.98. The highest BCUT2D eigenvalue weighted by Crippen LogP contribution is 2.22. The molecule has 18 heavy (non-hydrogen) atoms. The summed E-state index contributed by atoms with van der Waals surface area (Å²) in [6.45, 7) is 7.99. The van der Waals surface area contributed by atoms with E-state index < -0.39 is 0 Å². The highest BCUT2D eigenvalue weighted by Gasteiger charge is 2.14. The van der Waals surface area contributed by atoms with Gasteiger partial charge in [0.1, 0.15) is 0 Å². The van der Waals surface area contributed by atoms with Crippen LogP contribution in [0.4, 0.5) is 0 Å². The molecule has 0 aliphatic carbocycles. The van der Waals surface area contributed by atoms with Crippen LogP contribution in [0.5, 0.6) is 0 Å². The van der Waals surface area contributed by atoms with E-state index in [1.54, 1.807) is 0 Å². The molecule has 102 valence electrons. The standard InChI is InChI=1S/C15H24ClNO/c1-15(2,3)18-10-9-13(11-17-4)12-5-7-14(16)8-6-12/h5-8,13,17H,9-11H2,1-4H3. The summed E-state index contributed by atoms with van der Waals surface area (Å²) < 4.78 is 5.80. The Morgan fingerprint density at radius 2 is 1.83 bits per heavy atom. The van der Waals surface area contributed by atoms with Crippen LogP contribution in [0.3, 0.4) is 0 Å². The minimum Gasteiger partial charge on any atom is -0.376 e. The number of hydrogen-bond acceptors (Lipinski definition) is 2. The molecule has 0 aliphatic rings. The van der Waals surface area contributed by atoms with E-state index in [9.17, 15) is 0 Å². The van der Waals surface area contributed by atoms with Crippen LogP contribution in [-0.4, -0.2) is 25.8 Å². The molecule has 0 amide bonds. The van der Waals surface area contributed by atoms with Crippen LogP contribution < -0.4 is 5.32 Å². The SMILES string of the molecule is CNCC(CCOC(C)(C)C)c1ccc(Cl)cc1. The highest BCUT2D eigenvalue weighted by molar-refractivity contribution is 6.30. The van der Waals surface area contributed by atoms with Gasteiger partial charge < -0.3 is 10.1 Å². The molecule has 1 atom stereocenters. The lowest BCUT2D eigenvalue weighted by molar-refractivity contribution is -0.00618. The molecular weight excluding hydrogens is 246 g/mol. The molecule has 0 spiro atoms. The lowest BCUT2D eigenvalue weighted by Crippen LogP contribution is -2.23. The molecule has 2 nitrogen and oxygen atoms in total. The van der Waals surface area contributed by atoms with Crippen molar-refractivity contribution in [3.05, 3.63) is 34.9 Å². The lowest BCUT2D eigenvalue weighted by Gasteiger charge is -2.22. The van der Waals surface area contributed by atoms with Gasteiger partial charge in [-0.2, -0.15) is 0 Å². The van der Waals surface area contributed by atoms with Gasteiger partial charge in [-0.1, -0.05) is 23.7 Å². The molecule has 1 rings (SSSR count). The van der Waals surface area contributed by atoms with Crippen molar-refractivity contribution < 1.29 is 4.74 Å². The molecule has 0 fully saturated rings. The third kappa shape index (κ3) is 5.85. The highest BCUT2D eigenvalue weighted by atomic mass is 35.5. The fraction of sp³-hybridized carbons (Fsp3) is 0.600. The van der Waals surface area contributed by atoms with E-state index in [-0.39, 0.29) is 5.60 Å². The maximum Gasteiger partial charge on any atom is 0.0598 e. The Morgan fingerprint density at radius 3 is 2.33 bits per heavy atom. The summed E-state index contributed by atoms with van der Waals surface area (Å²) in [5, 5.41) is 4.03. The van der Waals surface area contributed by atoms with Crippen LogP contribution in [0.2, 0.25) is 5.02 Å². The number of likely N-dealkylation sites (N-methyl/N-ethyl adjacent to an activating group) is 1. The Bertz CT molecular complexity index is 343. The van der Waals surface area contributed by atoms with Crippen molar-refractivity contribution >= 4 is 11.6 Å². The second-order valence-corrected chi connectivity index (χ2v) is 5.99. The first-order chi connectivity index (χ1) is 8.42. The maximum absolute atomic E-state index is 5.92. The minimum absolute atomic E-state index is 0.0653. The van der Waals surface area contributed by atoms with Crippen LogP contribution in [0.25, 0.3) is 0 Å². The van der Waals surface area contributed by atoms with Crippen molar-refractivity contribution in [2.75, 3.05) is 20.2 Å². The molecule has 1 unspecified atom stereocenters. The summed E-state index contributed by atoms with van der Waals surface area (Å²) in [5.74, 6) is 0.467. The quantitative estimate of drug-likeness (QED) is 0.847. The van der Waals surface area contributed by atoms with Gasteiger partial charge in [0, 0.05) is 18.2 Å². The van der Waals surface area contributed by atoms with Crippen LogP contribution in [-0.2, 0) is 4.74 Å². The Morgan fingerprint density at radius 1 is 1.22 bits per heavy atom. The Balaban J connectivity index is 2.57. The van der Waals surface area contributed by atoms with Crippen molar-refractivity contribution in [1.29, 1.82) is 0 Å². The third-order valence-corrected chi connectivity index (χ3v) is 3.05. The number of benzene rings is 1. The van der Waals surface area contributed by atoms with Crippen LogP contribution in [0.15, 0.2) is 24.3 Å². The Kier molecular flexibility index (Phi) is 6.13. The predicted octanol–water partition coefficient (Wildman–Crippen LogP) is 3.85. The fourth-order valence-corrected chi connectivity index (χ4v) is 2.00. The van der Waals surface area contributed by atoms with Gasteiger partial charge in [-0.05, 0) is 57.9 Å². The second-order valence-electron chi connectivity index (χ2n) is 5.56. The first-order valence-corrected chi connectivity index (χ1v) is 6.84. The zero-order chi connectivity index (χ0) is 13.6. The zero-order valence-corrected chi connectivity index (χ0v) is 12.6. The number of rotatable bonds is 6. The molecule has 0 radical (unpaired) electrons. The molecular formula is C15H24ClNO. The summed E-state index contributed by atoms with van der Waals surface area (Å²) in [6, 6.07) is 8.09. The number of hydrogen-bond donors (Lipinski definition) is 1. The van der Waals surface area contributed by atoms with Gasteiger partial charge in [-0.15, -0.1) is 0 Å². The zero-order valence-electron chi connectivity index (χ0n) is 11.8. The number of ether oxygens (including phenoxy) is 1. The first kappa shape index (κ1) is 15.5. The van der Waals surface area contributed by atoms with Gasteiger partial charge in [0.15, 0.2) is 0 Å². The number of nitrogens with one attached hydrogen (secondary N) is 1. The van der Waals surface area contributed by atoms with Gasteiger partial charge in [0.2, 0.25) is 0 Å². The monoisotopic (exact) mass is 269 g/mol. The third-order valence-electron chi connectivity index (χ3n) is 2.79. The van der Waals surface area contributed by atoms with E-state index in [0.717, 1.165) is 24.6 Å². The van der Waals surface area contributed by atoms with E-state index in [1.165, 1.54) is 5.56 Å². The normalized spacial score (nSPS) is 13.6. The lowest BCUT2D eigenvalue weighted by atomic mass is 9.96. The van der Waals surface area contributed by atoms with Crippen molar-refractivity contribution in [2.24, 2.45) is 0 Å². The van der Waals surface area contributed by atoms with Gasteiger partial charge >= 0.3 is 0 Å². The van der Waals surface area contributed by atoms with Crippen molar-refractivity contribution in [3.8, 4) is 0 Å². The summed E-state index contributed by atoms with van der Waals surface area (Å²) in [5.41, 5.74) is 1.25. The average molecular weight is 270 g/mol. The van der Waals surface area contributed by atoms with E-state index in [2.05, 4.69) is 38.2 Å². The maximum atomic E-state index is 5.92. The minimum atomic E-state index is -0.0653. The van der Waals surface area contributed by atoms with Crippen LogP contribution in [0, 0.1) is 0 Å². The van der Waals surface area contributed by atoms with Gasteiger partial charge in [-0.3, -0.25) is 0 Å². The smallest absolute Gasteiger partial charge is 0.0598 e. The first-order valence-electron chi connectivity index (χ1n) is 6.46. The molecule has 0 aliphatic heterocycles. The van der Waals surface area contributed by atoms with E-state index in [0.29, 0.717) is 5.92 Å². The molecule has 0 bridgehead atoms. The molecule has 0 saturated carbocycles. The van der Waals surface area contributed by atoms with Crippen molar-refractivity contribution in [3.63, 3.8) is 0 Å². The molecule has 1 N–H and O–H groups in total. The molecule has 0 aromatic heterocycles. The summed E-state index contributed by atoms with van der Waals surface area (Å²) >= 11 is 5.92.